The average Bonchev–Trinajstić information content (AvgIpc) is 2.29. The summed E-state index contributed by atoms with van der Waals surface area (Å²) in [6, 6.07) is 6.02. The number of fused-ring (bicyclic) bond motifs is 1. The number of para-hydroxylation sites is 1. The fourth-order valence-corrected chi connectivity index (χ4v) is 2.00. The second-order valence-electron chi connectivity index (χ2n) is 4.03. The van der Waals surface area contributed by atoms with Crippen LogP contribution >= 0.6 is 0 Å². The highest BCUT2D eigenvalue weighted by atomic mass is 16.5. The van der Waals surface area contributed by atoms with Crippen molar-refractivity contribution in [1.82, 2.24) is 0 Å². The first kappa shape index (κ1) is 11.0. The van der Waals surface area contributed by atoms with Gasteiger partial charge in [0.25, 0.3) is 0 Å². The van der Waals surface area contributed by atoms with Gasteiger partial charge in [0.05, 0.1) is 12.5 Å². The summed E-state index contributed by atoms with van der Waals surface area (Å²) in [5.74, 6) is 0.618. The Kier molecular flexibility index (Phi) is 3.13. The molecule has 1 heterocycles. The van der Waals surface area contributed by atoms with Gasteiger partial charge in [0.2, 0.25) is 0 Å². The Morgan fingerprint density at radius 3 is 3.12 bits per heavy atom. The first-order chi connectivity index (χ1) is 7.72. The van der Waals surface area contributed by atoms with E-state index in [9.17, 15) is 4.79 Å². The molecule has 16 heavy (non-hydrogen) atoms. The van der Waals surface area contributed by atoms with Gasteiger partial charge in [-0.1, -0.05) is 18.2 Å². The number of carbonyl (C=O) groups is 1. The molecule has 86 valence electrons. The topological polar surface area (TPSA) is 35.5 Å². The molecule has 1 unspecified atom stereocenters. The number of rotatable bonds is 2. The lowest BCUT2D eigenvalue weighted by molar-refractivity contribution is -0.149. The van der Waals surface area contributed by atoms with E-state index < -0.39 is 0 Å². The molecule has 0 spiro atoms. The monoisotopic (exact) mass is 220 g/mol. The molecular weight excluding hydrogens is 204 g/mol. The van der Waals surface area contributed by atoms with E-state index in [0.29, 0.717) is 13.2 Å². The van der Waals surface area contributed by atoms with Crippen molar-refractivity contribution in [2.45, 2.75) is 20.3 Å². The summed E-state index contributed by atoms with van der Waals surface area (Å²) in [5, 5.41) is 0. The highest BCUT2D eigenvalue weighted by Gasteiger charge is 2.27. The minimum atomic E-state index is -0.158. The van der Waals surface area contributed by atoms with Gasteiger partial charge in [-0.3, -0.25) is 4.79 Å². The van der Waals surface area contributed by atoms with Gasteiger partial charge in [-0.05, 0) is 31.4 Å². The lowest BCUT2D eigenvalue weighted by Crippen LogP contribution is -2.30. The molecule has 0 radical (unpaired) electrons. The van der Waals surface area contributed by atoms with Crippen LogP contribution in [0.3, 0.4) is 0 Å². The van der Waals surface area contributed by atoms with Crippen LogP contribution in [0.5, 0.6) is 5.75 Å². The summed E-state index contributed by atoms with van der Waals surface area (Å²) >= 11 is 0. The van der Waals surface area contributed by atoms with Crippen LogP contribution in [0.4, 0.5) is 0 Å². The first-order valence-corrected chi connectivity index (χ1v) is 5.60. The number of benzene rings is 1. The van der Waals surface area contributed by atoms with Crippen LogP contribution < -0.4 is 4.74 Å². The van der Waals surface area contributed by atoms with Gasteiger partial charge >= 0.3 is 5.97 Å². The summed E-state index contributed by atoms with van der Waals surface area (Å²) in [6.07, 6.45) is 0.718. The number of aryl methyl sites for hydroxylation is 1. The summed E-state index contributed by atoms with van der Waals surface area (Å²) < 4.78 is 10.6. The number of esters is 1. The van der Waals surface area contributed by atoms with Gasteiger partial charge < -0.3 is 9.47 Å². The molecule has 1 aliphatic rings. The third kappa shape index (κ3) is 2.03. The molecule has 1 aromatic rings. The maximum atomic E-state index is 11.6. The molecule has 1 aromatic carbocycles. The van der Waals surface area contributed by atoms with Crippen LogP contribution in [0.25, 0.3) is 0 Å². The van der Waals surface area contributed by atoms with Gasteiger partial charge in [0.1, 0.15) is 12.4 Å². The molecule has 0 saturated carbocycles. The molecule has 2 rings (SSSR count). The molecule has 3 nitrogen and oxygen atoms in total. The maximum absolute atomic E-state index is 11.6. The van der Waals surface area contributed by atoms with Gasteiger partial charge in [0.15, 0.2) is 0 Å². The molecule has 3 heteroatoms. The molecule has 0 saturated heterocycles. The molecule has 0 bridgehead atoms. The highest BCUT2D eigenvalue weighted by molar-refractivity contribution is 5.73. The molecule has 0 amide bonds. The van der Waals surface area contributed by atoms with E-state index in [0.717, 1.165) is 23.3 Å². The van der Waals surface area contributed by atoms with Crippen molar-refractivity contribution in [3.05, 3.63) is 29.3 Å². The van der Waals surface area contributed by atoms with Crippen molar-refractivity contribution >= 4 is 5.97 Å². The van der Waals surface area contributed by atoms with Crippen LogP contribution in [-0.2, 0) is 16.0 Å². The molecule has 1 aliphatic heterocycles. The van der Waals surface area contributed by atoms with Crippen LogP contribution in [-0.4, -0.2) is 19.2 Å². The van der Waals surface area contributed by atoms with E-state index in [4.69, 9.17) is 9.47 Å². The lowest BCUT2D eigenvalue weighted by Gasteiger charge is -2.25. The first-order valence-electron chi connectivity index (χ1n) is 5.60. The Labute approximate surface area is 95.4 Å². The Morgan fingerprint density at radius 2 is 2.38 bits per heavy atom. The van der Waals surface area contributed by atoms with E-state index in [-0.39, 0.29) is 11.9 Å². The predicted octanol–water partition coefficient (Wildman–Crippen LogP) is 2.11. The summed E-state index contributed by atoms with van der Waals surface area (Å²) in [4.78, 5) is 11.6. The van der Waals surface area contributed by atoms with Crippen LogP contribution in [0.15, 0.2) is 18.2 Å². The van der Waals surface area contributed by atoms with Crippen LogP contribution in [0.2, 0.25) is 0 Å². The molecule has 0 N–H and O–H groups in total. The number of hydrogen-bond donors (Lipinski definition) is 0. The van der Waals surface area contributed by atoms with Crippen LogP contribution in [0.1, 0.15) is 18.1 Å². The fraction of sp³-hybridized carbons (Fsp3) is 0.462. The van der Waals surface area contributed by atoms with E-state index in [1.807, 2.05) is 32.0 Å². The Balaban J connectivity index is 2.15. The quantitative estimate of drug-likeness (QED) is 0.716. The molecule has 1 atom stereocenters. The van der Waals surface area contributed by atoms with Crippen molar-refractivity contribution in [1.29, 1.82) is 0 Å². The van der Waals surface area contributed by atoms with Gasteiger partial charge in [-0.2, -0.15) is 0 Å². The minimum Gasteiger partial charge on any atom is -0.492 e. The zero-order valence-corrected chi connectivity index (χ0v) is 9.66. The number of ether oxygens (including phenoxy) is 2. The van der Waals surface area contributed by atoms with Crippen LogP contribution in [0, 0.1) is 12.8 Å². The third-order valence-corrected chi connectivity index (χ3v) is 2.81. The van der Waals surface area contributed by atoms with Crippen molar-refractivity contribution < 1.29 is 14.3 Å². The van der Waals surface area contributed by atoms with Gasteiger partial charge in [-0.15, -0.1) is 0 Å². The third-order valence-electron chi connectivity index (χ3n) is 2.81. The smallest absolute Gasteiger partial charge is 0.312 e. The zero-order valence-electron chi connectivity index (χ0n) is 9.66. The Morgan fingerprint density at radius 1 is 1.56 bits per heavy atom. The van der Waals surface area contributed by atoms with Gasteiger partial charge in [-0.25, -0.2) is 0 Å². The maximum Gasteiger partial charge on any atom is 0.312 e. The summed E-state index contributed by atoms with van der Waals surface area (Å²) in [5.41, 5.74) is 2.23. The lowest BCUT2D eigenvalue weighted by atomic mass is 9.95. The molecule has 0 aromatic heterocycles. The van der Waals surface area contributed by atoms with Crippen molar-refractivity contribution in [3.63, 3.8) is 0 Å². The minimum absolute atomic E-state index is 0.158. The Bertz CT molecular complexity index is 398. The SMILES string of the molecule is CCOC(=O)C1COc2c(C)cccc2C1. The second kappa shape index (κ2) is 4.56. The number of carbonyl (C=O) groups excluding carboxylic acids is 1. The fourth-order valence-electron chi connectivity index (χ4n) is 2.00. The zero-order chi connectivity index (χ0) is 11.5. The van der Waals surface area contributed by atoms with E-state index in [1.54, 1.807) is 0 Å². The largest absolute Gasteiger partial charge is 0.492 e. The highest BCUT2D eigenvalue weighted by Crippen LogP contribution is 2.30. The average molecular weight is 220 g/mol. The Hall–Kier alpha value is -1.51. The standard InChI is InChI=1S/C13H16O3/c1-3-15-13(14)11-7-10-6-4-5-9(2)12(10)16-8-11/h4-6,11H,3,7-8H2,1-2H3. The van der Waals surface area contributed by atoms with Gasteiger partial charge in [0, 0.05) is 0 Å². The molecule has 0 fully saturated rings. The van der Waals surface area contributed by atoms with E-state index in [2.05, 4.69) is 0 Å². The molecular formula is C13H16O3. The summed E-state index contributed by atoms with van der Waals surface area (Å²) in [7, 11) is 0. The molecule has 0 aliphatic carbocycles. The normalized spacial score (nSPS) is 18.5. The van der Waals surface area contributed by atoms with Crippen molar-refractivity contribution in [3.8, 4) is 5.75 Å². The second-order valence-corrected chi connectivity index (χ2v) is 4.03. The van der Waals surface area contributed by atoms with Crippen molar-refractivity contribution in [2.75, 3.05) is 13.2 Å². The summed E-state index contributed by atoms with van der Waals surface area (Å²) in [6.45, 7) is 4.69. The van der Waals surface area contributed by atoms with E-state index in [1.165, 1.54) is 0 Å². The number of hydrogen-bond acceptors (Lipinski definition) is 3. The van der Waals surface area contributed by atoms with E-state index >= 15 is 0 Å². The predicted molar refractivity (Wildman–Crippen MR) is 60.5 cm³/mol. The van der Waals surface area contributed by atoms with Crippen molar-refractivity contribution in [2.24, 2.45) is 5.92 Å².